The molecule has 0 fully saturated rings. The van der Waals surface area contributed by atoms with Crippen LogP contribution in [0.1, 0.15) is 30.6 Å². The molecule has 3 aromatic rings. The van der Waals surface area contributed by atoms with Crippen LogP contribution in [0.3, 0.4) is 0 Å². The minimum atomic E-state index is -0.700. The first-order valence-corrected chi connectivity index (χ1v) is 11.3. The van der Waals surface area contributed by atoms with Crippen molar-refractivity contribution < 1.29 is 9.59 Å². The number of nitrogens with one attached hydrogen (secondary N) is 2. The average Bonchev–Trinajstić information content (AvgIpc) is 3.20. The summed E-state index contributed by atoms with van der Waals surface area (Å²) in [6.45, 7) is 3.89. The van der Waals surface area contributed by atoms with E-state index in [1.54, 1.807) is 36.4 Å². The molecule has 1 heterocycles. The molecule has 0 saturated heterocycles. The monoisotopic (exact) mass is 506 g/mol. The number of hydrogen-bond donors (Lipinski definition) is 2. The summed E-state index contributed by atoms with van der Waals surface area (Å²) >= 11 is 10.5. The van der Waals surface area contributed by atoms with E-state index in [9.17, 15) is 9.59 Å². The number of rotatable bonds is 7. The lowest BCUT2D eigenvalue weighted by Gasteiger charge is -2.23. The third kappa shape index (κ3) is 5.65. The fraction of sp³-hybridized carbons (Fsp3) is 0.238. The van der Waals surface area contributed by atoms with E-state index in [0.29, 0.717) is 20.7 Å². The number of hydrogen-bond acceptors (Lipinski definition) is 5. The molecule has 0 bridgehead atoms. The van der Waals surface area contributed by atoms with E-state index in [4.69, 9.17) is 11.6 Å². The highest BCUT2D eigenvalue weighted by atomic mass is 79.9. The molecule has 0 aliphatic rings. The molecular weight excluding hydrogens is 488 g/mol. The van der Waals surface area contributed by atoms with Gasteiger partial charge in [0, 0.05) is 20.6 Å². The van der Waals surface area contributed by atoms with Gasteiger partial charge in [0.05, 0.1) is 0 Å². The van der Waals surface area contributed by atoms with Crippen LogP contribution in [0.15, 0.2) is 53.0 Å². The topological polar surface area (TPSA) is 84.0 Å². The van der Waals surface area contributed by atoms with Crippen molar-refractivity contribution in [2.45, 2.75) is 26.3 Å². The Labute approximate surface area is 192 Å². The molecule has 6 nitrogen and oxygen atoms in total. The summed E-state index contributed by atoms with van der Waals surface area (Å²) in [5.41, 5.74) is 1.35. The molecule has 156 valence electrons. The van der Waals surface area contributed by atoms with Gasteiger partial charge in [0.1, 0.15) is 11.0 Å². The molecule has 2 N–H and O–H groups in total. The second kappa shape index (κ2) is 10.1. The molecule has 2 aromatic carbocycles. The molecule has 0 aliphatic carbocycles. The van der Waals surface area contributed by atoms with Gasteiger partial charge in [-0.25, -0.2) is 0 Å². The highest BCUT2D eigenvalue weighted by Gasteiger charge is 2.27. The Kier molecular flexibility index (Phi) is 7.58. The maximum absolute atomic E-state index is 12.9. The summed E-state index contributed by atoms with van der Waals surface area (Å²) in [6, 6.07) is 13.5. The summed E-state index contributed by atoms with van der Waals surface area (Å²) in [5.74, 6) is -0.691. The van der Waals surface area contributed by atoms with Gasteiger partial charge in [-0.1, -0.05) is 71.3 Å². The molecule has 3 rings (SSSR count). The minimum absolute atomic E-state index is 0.0620. The molecule has 2 amide bonds. The van der Waals surface area contributed by atoms with Gasteiger partial charge in [-0.3, -0.25) is 14.9 Å². The standard InChI is InChI=1S/C21H20BrClN4O2S/c1-3-12(2)17(24-18(28)13-4-8-15(22)9-5-13)19(29)25-21-27-26-20(30-21)14-6-10-16(23)11-7-14/h4-12,17H,3H2,1-2H3,(H,24,28)(H,25,27,29). The maximum Gasteiger partial charge on any atom is 0.251 e. The second-order valence-electron chi connectivity index (χ2n) is 6.75. The quantitative estimate of drug-likeness (QED) is 0.448. The van der Waals surface area contributed by atoms with E-state index in [0.717, 1.165) is 16.5 Å². The van der Waals surface area contributed by atoms with E-state index in [1.165, 1.54) is 11.3 Å². The van der Waals surface area contributed by atoms with Crippen LogP contribution in [0.5, 0.6) is 0 Å². The third-order valence-electron chi connectivity index (χ3n) is 4.63. The number of benzene rings is 2. The fourth-order valence-corrected chi connectivity index (χ4v) is 3.84. The first-order chi connectivity index (χ1) is 14.4. The molecule has 30 heavy (non-hydrogen) atoms. The van der Waals surface area contributed by atoms with Crippen molar-refractivity contribution in [1.82, 2.24) is 15.5 Å². The Morgan fingerprint density at radius 2 is 1.77 bits per heavy atom. The van der Waals surface area contributed by atoms with Gasteiger partial charge in [0.25, 0.3) is 5.91 Å². The van der Waals surface area contributed by atoms with Crippen LogP contribution in [0.2, 0.25) is 5.02 Å². The van der Waals surface area contributed by atoms with Gasteiger partial charge >= 0.3 is 0 Å². The van der Waals surface area contributed by atoms with Crippen LogP contribution >= 0.6 is 38.9 Å². The summed E-state index contributed by atoms with van der Waals surface area (Å²) in [7, 11) is 0. The lowest BCUT2D eigenvalue weighted by Crippen LogP contribution is -2.47. The van der Waals surface area contributed by atoms with Crippen molar-refractivity contribution >= 4 is 55.8 Å². The van der Waals surface area contributed by atoms with Crippen LogP contribution < -0.4 is 10.6 Å². The Morgan fingerprint density at radius 1 is 1.10 bits per heavy atom. The normalized spacial score (nSPS) is 12.8. The first-order valence-electron chi connectivity index (χ1n) is 9.34. The molecule has 2 atom stereocenters. The highest BCUT2D eigenvalue weighted by molar-refractivity contribution is 9.10. The van der Waals surface area contributed by atoms with Gasteiger partial charge in [-0.05, 0) is 42.3 Å². The smallest absolute Gasteiger partial charge is 0.251 e. The maximum atomic E-state index is 12.9. The van der Waals surface area contributed by atoms with Crippen LogP contribution in [0, 0.1) is 5.92 Å². The lowest BCUT2D eigenvalue weighted by molar-refractivity contribution is -0.119. The third-order valence-corrected chi connectivity index (χ3v) is 6.30. The van der Waals surface area contributed by atoms with Gasteiger partial charge in [-0.2, -0.15) is 0 Å². The zero-order chi connectivity index (χ0) is 21.7. The van der Waals surface area contributed by atoms with Gasteiger partial charge in [0.2, 0.25) is 11.0 Å². The van der Waals surface area contributed by atoms with Crippen molar-refractivity contribution in [2.75, 3.05) is 5.32 Å². The summed E-state index contributed by atoms with van der Waals surface area (Å²) < 4.78 is 0.878. The molecular formula is C21H20BrClN4O2S. The lowest BCUT2D eigenvalue weighted by atomic mass is 9.98. The average molecular weight is 508 g/mol. The van der Waals surface area contributed by atoms with Crippen molar-refractivity contribution in [3.05, 3.63) is 63.6 Å². The Hall–Kier alpha value is -2.29. The SMILES string of the molecule is CCC(C)C(NC(=O)c1ccc(Br)cc1)C(=O)Nc1nnc(-c2ccc(Cl)cc2)s1. The molecule has 1 aromatic heterocycles. The Morgan fingerprint density at radius 3 is 2.40 bits per heavy atom. The predicted molar refractivity (Wildman–Crippen MR) is 124 cm³/mol. The minimum Gasteiger partial charge on any atom is -0.340 e. The van der Waals surface area contributed by atoms with Crippen LogP contribution in [0.4, 0.5) is 5.13 Å². The van der Waals surface area contributed by atoms with Crippen LogP contribution in [0.25, 0.3) is 10.6 Å². The molecule has 9 heteroatoms. The van der Waals surface area contributed by atoms with Gasteiger partial charge < -0.3 is 5.32 Å². The second-order valence-corrected chi connectivity index (χ2v) is 9.08. The van der Waals surface area contributed by atoms with Gasteiger partial charge in [0.15, 0.2) is 0 Å². The van der Waals surface area contributed by atoms with Crippen LogP contribution in [-0.4, -0.2) is 28.1 Å². The molecule has 0 saturated carbocycles. The molecule has 2 unspecified atom stereocenters. The number of carbonyl (C=O) groups excluding carboxylic acids is 2. The zero-order valence-corrected chi connectivity index (χ0v) is 19.5. The van der Waals surface area contributed by atoms with Crippen molar-refractivity contribution in [3.63, 3.8) is 0 Å². The van der Waals surface area contributed by atoms with Crippen molar-refractivity contribution in [2.24, 2.45) is 5.92 Å². The summed E-state index contributed by atoms with van der Waals surface area (Å²) in [5, 5.41) is 15.5. The van der Waals surface area contributed by atoms with Crippen molar-refractivity contribution in [1.29, 1.82) is 0 Å². The van der Waals surface area contributed by atoms with Gasteiger partial charge in [-0.15, -0.1) is 10.2 Å². The summed E-state index contributed by atoms with van der Waals surface area (Å²) in [6.07, 6.45) is 0.727. The molecule has 0 aliphatic heterocycles. The largest absolute Gasteiger partial charge is 0.340 e. The Bertz CT molecular complexity index is 1020. The molecule has 0 spiro atoms. The zero-order valence-electron chi connectivity index (χ0n) is 16.4. The predicted octanol–water partition coefficient (Wildman–Crippen LogP) is 5.40. The number of halogens is 2. The van der Waals surface area contributed by atoms with E-state index >= 15 is 0 Å². The first kappa shape index (κ1) is 22.4. The van der Waals surface area contributed by atoms with Crippen LogP contribution in [-0.2, 0) is 4.79 Å². The highest BCUT2D eigenvalue weighted by Crippen LogP contribution is 2.27. The number of anilines is 1. The van der Waals surface area contributed by atoms with E-state index in [-0.39, 0.29) is 17.7 Å². The number of nitrogens with zero attached hydrogens (tertiary/aromatic N) is 2. The van der Waals surface area contributed by atoms with Crippen molar-refractivity contribution in [3.8, 4) is 10.6 Å². The Balaban J connectivity index is 1.72. The number of amides is 2. The fourth-order valence-electron chi connectivity index (χ4n) is 2.69. The van der Waals surface area contributed by atoms with E-state index in [1.807, 2.05) is 26.0 Å². The van der Waals surface area contributed by atoms with E-state index < -0.39 is 6.04 Å². The van der Waals surface area contributed by atoms with E-state index in [2.05, 4.69) is 36.8 Å². The summed E-state index contributed by atoms with van der Waals surface area (Å²) in [4.78, 5) is 25.5. The molecule has 0 radical (unpaired) electrons. The number of aromatic nitrogens is 2. The number of carbonyl (C=O) groups is 2.